The molecule has 0 unspecified atom stereocenters. The van der Waals surface area contributed by atoms with Crippen LogP contribution >= 0.6 is 0 Å². The van der Waals surface area contributed by atoms with Gasteiger partial charge in [-0.25, -0.2) is 0 Å². The van der Waals surface area contributed by atoms with Crippen molar-refractivity contribution in [1.82, 2.24) is 0 Å². The van der Waals surface area contributed by atoms with Gasteiger partial charge >= 0.3 is 0 Å². The predicted molar refractivity (Wildman–Crippen MR) is 22.9 cm³/mol. The van der Waals surface area contributed by atoms with E-state index >= 15 is 0 Å². The zero-order valence-electron chi connectivity index (χ0n) is 3.46. The van der Waals surface area contributed by atoms with Crippen LogP contribution in [0, 0.1) is 0 Å². The third kappa shape index (κ3) is 1.61. The Labute approximate surface area is 53.4 Å². The fourth-order valence-electron chi connectivity index (χ4n) is 0.393. The van der Waals surface area contributed by atoms with Crippen molar-refractivity contribution in [3.05, 3.63) is 24.3 Å². The average molecular weight is 159 g/mol. The second kappa shape index (κ2) is 3.41. The maximum atomic E-state index is 2.12. The first-order chi connectivity index (χ1) is 2.50. The Morgan fingerprint density at radius 3 is 1.67 bits per heavy atom. The second-order valence-corrected chi connectivity index (χ2v) is 1.09. The molecule has 1 heteroatoms. The van der Waals surface area contributed by atoms with Crippen molar-refractivity contribution in [2.45, 2.75) is 6.42 Å². The summed E-state index contributed by atoms with van der Waals surface area (Å²) in [6.45, 7) is 0. The molecule has 0 aliphatic heterocycles. The Balaban J connectivity index is 0.000000250. The van der Waals surface area contributed by atoms with Gasteiger partial charge in [0.15, 0.2) is 0 Å². The van der Waals surface area contributed by atoms with Crippen molar-refractivity contribution in [2.75, 3.05) is 0 Å². The van der Waals surface area contributed by atoms with Gasteiger partial charge in [-0.05, 0) is 6.42 Å². The molecular formula is C5H6Nb. The van der Waals surface area contributed by atoms with Gasteiger partial charge < -0.3 is 0 Å². The first-order valence-electron chi connectivity index (χ1n) is 1.82. The molecule has 0 N–H and O–H groups in total. The molecule has 0 saturated carbocycles. The van der Waals surface area contributed by atoms with Crippen LogP contribution in [-0.4, -0.2) is 0 Å². The van der Waals surface area contributed by atoms with Crippen LogP contribution in [0.4, 0.5) is 0 Å². The van der Waals surface area contributed by atoms with E-state index in [4.69, 9.17) is 0 Å². The van der Waals surface area contributed by atoms with Gasteiger partial charge in [0, 0.05) is 22.4 Å². The minimum absolute atomic E-state index is 0. The summed E-state index contributed by atoms with van der Waals surface area (Å²) in [5.41, 5.74) is 0. The monoisotopic (exact) mass is 159 g/mol. The zero-order chi connectivity index (χ0) is 3.54. The van der Waals surface area contributed by atoms with Crippen molar-refractivity contribution in [3.63, 3.8) is 0 Å². The Morgan fingerprint density at radius 2 is 1.50 bits per heavy atom. The van der Waals surface area contributed by atoms with E-state index in [0.29, 0.717) is 0 Å². The Hall–Kier alpha value is 0.220. The van der Waals surface area contributed by atoms with E-state index in [1.807, 2.05) is 0 Å². The van der Waals surface area contributed by atoms with Gasteiger partial charge in [0.2, 0.25) is 0 Å². The minimum atomic E-state index is 0. The molecule has 0 atom stereocenters. The van der Waals surface area contributed by atoms with E-state index in [2.05, 4.69) is 24.3 Å². The maximum Gasteiger partial charge on any atom is 0 e. The smallest absolute Gasteiger partial charge is 0 e. The molecule has 0 heterocycles. The van der Waals surface area contributed by atoms with Crippen LogP contribution in [0.25, 0.3) is 0 Å². The normalized spacial score (nSPS) is 14.7. The molecule has 31 valence electrons. The van der Waals surface area contributed by atoms with Gasteiger partial charge in [0.1, 0.15) is 0 Å². The second-order valence-electron chi connectivity index (χ2n) is 1.09. The minimum Gasteiger partial charge on any atom is -0.0808 e. The van der Waals surface area contributed by atoms with Crippen molar-refractivity contribution >= 4 is 0 Å². The van der Waals surface area contributed by atoms with E-state index in [1.54, 1.807) is 0 Å². The van der Waals surface area contributed by atoms with Gasteiger partial charge in [-0.3, -0.25) is 0 Å². The Morgan fingerprint density at radius 1 is 1.00 bits per heavy atom. The molecule has 0 spiro atoms. The molecule has 0 aromatic carbocycles. The number of allylic oxidation sites excluding steroid dienone is 4. The van der Waals surface area contributed by atoms with E-state index < -0.39 is 0 Å². The largest absolute Gasteiger partial charge is 0.0808 e. The van der Waals surface area contributed by atoms with Gasteiger partial charge in [-0.1, -0.05) is 24.3 Å². The molecule has 0 aromatic heterocycles. The molecule has 0 amide bonds. The predicted octanol–water partition coefficient (Wildman–Crippen LogP) is 1.50. The van der Waals surface area contributed by atoms with Crippen molar-refractivity contribution in [1.29, 1.82) is 0 Å². The molecule has 0 bridgehead atoms. The standard InChI is InChI=1S/C5H6.Nb/c1-2-4-5-3-1;/h1-4H,5H2;. The topological polar surface area (TPSA) is 0 Å². The maximum absolute atomic E-state index is 2.12. The van der Waals surface area contributed by atoms with E-state index in [0.717, 1.165) is 6.42 Å². The van der Waals surface area contributed by atoms with E-state index in [-0.39, 0.29) is 22.4 Å². The first-order valence-corrected chi connectivity index (χ1v) is 1.82. The molecule has 0 nitrogen and oxygen atoms in total. The number of rotatable bonds is 0. The van der Waals surface area contributed by atoms with Crippen LogP contribution in [0.5, 0.6) is 0 Å². The van der Waals surface area contributed by atoms with Gasteiger partial charge in [0.05, 0.1) is 0 Å². The molecule has 0 fully saturated rings. The number of hydrogen-bond donors (Lipinski definition) is 0. The summed E-state index contributed by atoms with van der Waals surface area (Å²) in [7, 11) is 0. The average Bonchev–Trinajstić information content (AvgIpc) is 1.76. The first kappa shape index (κ1) is 6.22. The molecule has 1 radical (unpaired) electrons. The van der Waals surface area contributed by atoms with Gasteiger partial charge in [-0.15, -0.1) is 0 Å². The summed E-state index contributed by atoms with van der Waals surface area (Å²) < 4.78 is 0. The molecule has 1 rings (SSSR count). The summed E-state index contributed by atoms with van der Waals surface area (Å²) in [6, 6.07) is 0. The molecular weight excluding hydrogens is 153 g/mol. The third-order valence-corrected chi connectivity index (χ3v) is 0.655. The third-order valence-electron chi connectivity index (χ3n) is 0.655. The van der Waals surface area contributed by atoms with Crippen LogP contribution in [0.15, 0.2) is 24.3 Å². The molecule has 1 aliphatic rings. The Kier molecular flexibility index (Phi) is 3.54. The molecule has 1 aliphatic carbocycles. The fraction of sp³-hybridized carbons (Fsp3) is 0.200. The van der Waals surface area contributed by atoms with Crippen molar-refractivity contribution in [3.8, 4) is 0 Å². The van der Waals surface area contributed by atoms with Crippen LogP contribution < -0.4 is 0 Å². The zero-order valence-corrected chi connectivity index (χ0v) is 5.66. The Bertz CT molecular complexity index is 62.0. The van der Waals surface area contributed by atoms with Crippen LogP contribution in [0.1, 0.15) is 6.42 Å². The van der Waals surface area contributed by atoms with Crippen molar-refractivity contribution in [2.24, 2.45) is 0 Å². The SMILES string of the molecule is C1=CCC=C1.[Nb]. The molecule has 0 aromatic rings. The van der Waals surface area contributed by atoms with Crippen LogP contribution in [-0.2, 0) is 22.4 Å². The van der Waals surface area contributed by atoms with Crippen LogP contribution in [0.3, 0.4) is 0 Å². The summed E-state index contributed by atoms with van der Waals surface area (Å²) in [5, 5.41) is 0. The van der Waals surface area contributed by atoms with Crippen LogP contribution in [0.2, 0.25) is 0 Å². The van der Waals surface area contributed by atoms with Gasteiger partial charge in [0.25, 0.3) is 0 Å². The summed E-state index contributed by atoms with van der Waals surface area (Å²) in [6.07, 6.45) is 9.50. The fourth-order valence-corrected chi connectivity index (χ4v) is 0.393. The van der Waals surface area contributed by atoms with E-state index in [1.165, 1.54) is 0 Å². The summed E-state index contributed by atoms with van der Waals surface area (Å²) >= 11 is 0. The summed E-state index contributed by atoms with van der Waals surface area (Å²) in [5.74, 6) is 0. The quantitative estimate of drug-likeness (QED) is 0.470. The summed E-state index contributed by atoms with van der Waals surface area (Å²) in [4.78, 5) is 0. The molecule has 0 saturated heterocycles. The molecule has 6 heavy (non-hydrogen) atoms. The van der Waals surface area contributed by atoms with Crippen molar-refractivity contribution < 1.29 is 22.4 Å². The van der Waals surface area contributed by atoms with Gasteiger partial charge in [-0.2, -0.15) is 0 Å². The van der Waals surface area contributed by atoms with E-state index in [9.17, 15) is 0 Å². The number of hydrogen-bond acceptors (Lipinski definition) is 0.